The van der Waals surface area contributed by atoms with Crippen LogP contribution in [0.25, 0.3) is 0 Å². The van der Waals surface area contributed by atoms with Crippen LogP contribution in [0.3, 0.4) is 0 Å². The summed E-state index contributed by atoms with van der Waals surface area (Å²) in [5, 5.41) is 27.7. The molecule has 7 nitrogen and oxygen atoms in total. The van der Waals surface area contributed by atoms with Crippen LogP contribution in [0.5, 0.6) is 0 Å². The van der Waals surface area contributed by atoms with Gasteiger partial charge in [-0.1, -0.05) is 0 Å². The first kappa shape index (κ1) is 18.6. The summed E-state index contributed by atoms with van der Waals surface area (Å²) >= 11 is 0. The van der Waals surface area contributed by atoms with E-state index in [1.165, 1.54) is 0 Å². The molecule has 0 spiro atoms. The Balaban J connectivity index is 0. The normalized spacial score (nSPS) is 10.8. The van der Waals surface area contributed by atoms with Crippen molar-refractivity contribution in [2.45, 2.75) is 26.4 Å². The van der Waals surface area contributed by atoms with E-state index >= 15 is 0 Å². The van der Waals surface area contributed by atoms with Crippen LogP contribution >= 0.6 is 0 Å². The molecule has 0 rings (SSSR count). The van der Waals surface area contributed by atoms with Gasteiger partial charge in [0.1, 0.15) is 5.60 Å². The first-order chi connectivity index (χ1) is 7.91. The van der Waals surface area contributed by atoms with Crippen LogP contribution in [0.2, 0.25) is 0 Å². The second-order valence-corrected chi connectivity index (χ2v) is 4.29. The van der Waals surface area contributed by atoms with Gasteiger partial charge in [0.25, 0.3) is 0 Å². The van der Waals surface area contributed by atoms with Crippen LogP contribution in [-0.4, -0.2) is 65.3 Å². The Labute approximate surface area is 102 Å². The van der Waals surface area contributed by atoms with Gasteiger partial charge in [0.2, 0.25) is 0 Å². The van der Waals surface area contributed by atoms with Crippen molar-refractivity contribution in [3.63, 3.8) is 0 Å². The number of aliphatic hydroxyl groups is 3. The van der Waals surface area contributed by atoms with Gasteiger partial charge in [-0.3, -0.25) is 4.90 Å². The highest BCUT2D eigenvalue weighted by molar-refractivity contribution is 4.55. The summed E-state index contributed by atoms with van der Waals surface area (Å²) in [6.45, 7) is 7.03. The van der Waals surface area contributed by atoms with Crippen molar-refractivity contribution in [3.8, 4) is 0 Å². The van der Waals surface area contributed by atoms with Crippen molar-refractivity contribution in [2.75, 3.05) is 39.5 Å². The molecule has 0 amide bonds. The van der Waals surface area contributed by atoms with Crippen molar-refractivity contribution >= 4 is 0 Å². The molecule has 0 bridgehead atoms. The average molecular weight is 252 g/mol. The predicted octanol–water partition coefficient (Wildman–Crippen LogP) is -0.252. The SMILES string of the molecule is CC(C)(C)ON=O.OCCN(CCO)CCO. The van der Waals surface area contributed by atoms with Crippen molar-refractivity contribution in [1.82, 2.24) is 4.90 Å². The molecule has 0 saturated carbocycles. The molecule has 0 aliphatic rings. The van der Waals surface area contributed by atoms with Crippen LogP contribution in [0.15, 0.2) is 5.34 Å². The Hall–Kier alpha value is -0.760. The Bertz CT molecular complexity index is 158. The fourth-order valence-corrected chi connectivity index (χ4v) is 0.871. The van der Waals surface area contributed by atoms with Crippen LogP contribution in [-0.2, 0) is 4.84 Å². The van der Waals surface area contributed by atoms with E-state index in [-0.39, 0.29) is 19.8 Å². The molecule has 0 heterocycles. The van der Waals surface area contributed by atoms with Crippen LogP contribution in [0, 0.1) is 4.91 Å². The fourth-order valence-electron chi connectivity index (χ4n) is 0.871. The Morgan fingerprint density at radius 3 is 1.47 bits per heavy atom. The summed E-state index contributed by atoms with van der Waals surface area (Å²) in [7, 11) is 0. The van der Waals surface area contributed by atoms with E-state index in [2.05, 4.69) is 10.2 Å². The molecular formula is C10H24N2O5. The molecule has 0 unspecified atom stereocenters. The number of hydrogen-bond donors (Lipinski definition) is 3. The van der Waals surface area contributed by atoms with Crippen molar-refractivity contribution in [2.24, 2.45) is 5.34 Å². The highest BCUT2D eigenvalue weighted by Gasteiger charge is 2.09. The molecule has 0 aromatic rings. The molecule has 17 heavy (non-hydrogen) atoms. The molecule has 0 aliphatic carbocycles. The maximum Gasteiger partial charge on any atom is 0.155 e. The molecule has 104 valence electrons. The molecule has 0 fully saturated rings. The van der Waals surface area contributed by atoms with E-state index in [1.807, 2.05) is 0 Å². The van der Waals surface area contributed by atoms with Crippen molar-refractivity contribution in [3.05, 3.63) is 4.91 Å². The maximum atomic E-state index is 9.35. The largest absolute Gasteiger partial charge is 0.395 e. The van der Waals surface area contributed by atoms with Crippen LogP contribution in [0.4, 0.5) is 0 Å². The lowest BCUT2D eigenvalue weighted by molar-refractivity contribution is -0.00229. The number of aliphatic hydroxyl groups excluding tert-OH is 3. The lowest BCUT2D eigenvalue weighted by atomic mass is 10.2. The number of hydrogen-bond acceptors (Lipinski definition) is 7. The smallest absolute Gasteiger partial charge is 0.155 e. The molecule has 0 aromatic heterocycles. The van der Waals surface area contributed by atoms with E-state index in [0.29, 0.717) is 19.6 Å². The molecule has 0 aliphatic heterocycles. The van der Waals surface area contributed by atoms with Gasteiger partial charge in [0.15, 0.2) is 5.34 Å². The van der Waals surface area contributed by atoms with E-state index in [0.717, 1.165) is 0 Å². The number of rotatable bonds is 7. The molecule has 0 atom stereocenters. The fraction of sp³-hybridized carbons (Fsp3) is 1.00. The van der Waals surface area contributed by atoms with E-state index < -0.39 is 5.60 Å². The summed E-state index contributed by atoms with van der Waals surface area (Å²) in [6, 6.07) is 0. The zero-order valence-corrected chi connectivity index (χ0v) is 10.8. The van der Waals surface area contributed by atoms with Gasteiger partial charge in [-0.25, -0.2) is 0 Å². The second kappa shape index (κ2) is 11.7. The molecule has 7 heteroatoms. The van der Waals surface area contributed by atoms with E-state index in [4.69, 9.17) is 15.3 Å². The van der Waals surface area contributed by atoms with Crippen LogP contribution in [0.1, 0.15) is 20.8 Å². The minimum absolute atomic E-state index is 0.0694. The Kier molecular flexibility index (Phi) is 12.8. The highest BCUT2D eigenvalue weighted by Crippen LogP contribution is 2.05. The zero-order valence-electron chi connectivity index (χ0n) is 10.8. The van der Waals surface area contributed by atoms with Gasteiger partial charge in [-0.15, -0.1) is 4.91 Å². The third-order valence-corrected chi connectivity index (χ3v) is 1.56. The third kappa shape index (κ3) is 17.8. The summed E-state index contributed by atoms with van der Waals surface area (Å²) in [5.41, 5.74) is -0.429. The summed E-state index contributed by atoms with van der Waals surface area (Å²) in [5.74, 6) is 0. The van der Waals surface area contributed by atoms with Crippen molar-refractivity contribution < 1.29 is 20.2 Å². The first-order valence-electron chi connectivity index (χ1n) is 5.47. The quantitative estimate of drug-likeness (QED) is 0.426. The predicted molar refractivity (Wildman–Crippen MR) is 64.3 cm³/mol. The van der Waals surface area contributed by atoms with Gasteiger partial charge in [-0.2, -0.15) is 0 Å². The molecular weight excluding hydrogens is 228 g/mol. The topological polar surface area (TPSA) is 103 Å². The van der Waals surface area contributed by atoms with Gasteiger partial charge in [-0.05, 0) is 20.8 Å². The Morgan fingerprint density at radius 1 is 1.00 bits per heavy atom. The number of nitrogens with zero attached hydrogens (tertiary/aromatic N) is 2. The molecule has 0 radical (unpaired) electrons. The minimum Gasteiger partial charge on any atom is -0.395 e. The zero-order chi connectivity index (χ0) is 13.7. The second-order valence-electron chi connectivity index (χ2n) is 4.29. The van der Waals surface area contributed by atoms with Crippen LogP contribution < -0.4 is 0 Å². The van der Waals surface area contributed by atoms with Gasteiger partial charge < -0.3 is 20.2 Å². The maximum absolute atomic E-state index is 9.35. The molecule has 0 saturated heterocycles. The first-order valence-corrected chi connectivity index (χ1v) is 5.47. The summed E-state index contributed by atoms with van der Waals surface area (Å²) in [6.07, 6.45) is 0. The molecule has 0 aromatic carbocycles. The van der Waals surface area contributed by atoms with Gasteiger partial charge in [0, 0.05) is 19.6 Å². The van der Waals surface area contributed by atoms with Crippen molar-refractivity contribution in [1.29, 1.82) is 0 Å². The lowest BCUT2D eigenvalue weighted by Gasteiger charge is -2.17. The standard InChI is InChI=1S/C6H15NO3.C4H9NO2/c8-4-1-7(2-5-9)3-6-10;1-4(2,3)7-5-6/h8-10H,1-6H2;1-3H3. The third-order valence-electron chi connectivity index (χ3n) is 1.56. The Morgan fingerprint density at radius 2 is 1.35 bits per heavy atom. The van der Waals surface area contributed by atoms with Gasteiger partial charge in [0.05, 0.1) is 19.8 Å². The average Bonchev–Trinajstić information content (AvgIpc) is 2.18. The summed E-state index contributed by atoms with van der Waals surface area (Å²) < 4.78 is 0. The van der Waals surface area contributed by atoms with Gasteiger partial charge >= 0.3 is 0 Å². The van der Waals surface area contributed by atoms with E-state index in [9.17, 15) is 4.91 Å². The summed E-state index contributed by atoms with van der Waals surface area (Å²) in [4.78, 5) is 15.4. The molecule has 3 N–H and O–H groups in total. The lowest BCUT2D eigenvalue weighted by Crippen LogP contribution is -2.32. The minimum atomic E-state index is -0.429. The highest BCUT2D eigenvalue weighted by atomic mass is 16.7. The monoisotopic (exact) mass is 252 g/mol. The van der Waals surface area contributed by atoms with E-state index in [1.54, 1.807) is 25.7 Å².